The average molecular weight is 285 g/mol. The van der Waals surface area contributed by atoms with E-state index in [4.69, 9.17) is 16.3 Å². The van der Waals surface area contributed by atoms with E-state index < -0.39 is 4.92 Å². The maximum atomic E-state index is 11.0. The molecule has 2 rings (SSSR count). The summed E-state index contributed by atoms with van der Waals surface area (Å²) in [6.45, 7) is 3.19. The third-order valence-electron chi connectivity index (χ3n) is 3.41. The molecular weight excluding hydrogens is 268 g/mol. The zero-order valence-electron chi connectivity index (χ0n) is 10.8. The number of nitrogens with zero attached hydrogens (tertiary/aromatic N) is 1. The molecule has 1 N–H and O–H groups in total. The van der Waals surface area contributed by atoms with Gasteiger partial charge in [0, 0.05) is 25.3 Å². The fraction of sp³-hybridized carbons (Fsp3) is 0.538. The van der Waals surface area contributed by atoms with Crippen LogP contribution in [0.2, 0.25) is 5.02 Å². The Hall–Kier alpha value is -1.17. The lowest BCUT2D eigenvalue weighted by atomic mass is 10.1. The van der Waals surface area contributed by atoms with Crippen molar-refractivity contribution in [2.24, 2.45) is 0 Å². The van der Waals surface area contributed by atoms with E-state index in [0.29, 0.717) is 17.1 Å². The molecule has 19 heavy (non-hydrogen) atoms. The number of nitro groups is 1. The van der Waals surface area contributed by atoms with Crippen molar-refractivity contribution in [3.05, 3.63) is 38.9 Å². The van der Waals surface area contributed by atoms with E-state index in [-0.39, 0.29) is 17.8 Å². The Morgan fingerprint density at radius 2 is 2.42 bits per heavy atom. The summed E-state index contributed by atoms with van der Waals surface area (Å²) in [5.41, 5.74) is 0.582. The molecule has 0 bridgehead atoms. The summed E-state index contributed by atoms with van der Waals surface area (Å²) in [7, 11) is 0. The largest absolute Gasteiger partial charge is 0.377 e. The van der Waals surface area contributed by atoms with Gasteiger partial charge in [-0.25, -0.2) is 0 Å². The van der Waals surface area contributed by atoms with Crippen LogP contribution in [0.5, 0.6) is 0 Å². The predicted molar refractivity (Wildman–Crippen MR) is 73.4 cm³/mol. The van der Waals surface area contributed by atoms with Gasteiger partial charge in [0.2, 0.25) is 0 Å². The van der Waals surface area contributed by atoms with Gasteiger partial charge in [0.1, 0.15) is 0 Å². The molecule has 0 radical (unpaired) electrons. The topological polar surface area (TPSA) is 64.4 Å². The van der Waals surface area contributed by atoms with Crippen molar-refractivity contribution < 1.29 is 9.66 Å². The molecule has 1 fully saturated rings. The minimum absolute atomic E-state index is 0.0551. The number of nitrogens with one attached hydrogen (secondary N) is 1. The molecule has 1 aromatic rings. The van der Waals surface area contributed by atoms with Gasteiger partial charge in [-0.15, -0.1) is 0 Å². The zero-order chi connectivity index (χ0) is 13.8. The molecule has 1 aromatic carbocycles. The van der Waals surface area contributed by atoms with Crippen molar-refractivity contribution in [2.45, 2.75) is 38.5 Å². The van der Waals surface area contributed by atoms with Gasteiger partial charge in [0.05, 0.1) is 21.6 Å². The standard InChI is InChI=1S/C13H17ClN2O3/c1-9(13-6-3-7-19-13)15-8-10-11(14)4-2-5-12(10)16(17)18/h2,4-5,9,13,15H,3,6-8H2,1H3. The summed E-state index contributed by atoms with van der Waals surface area (Å²) < 4.78 is 5.58. The SMILES string of the molecule is CC(NCc1c(Cl)cccc1[N+](=O)[O-])C1CCCO1. The van der Waals surface area contributed by atoms with E-state index in [2.05, 4.69) is 5.32 Å². The van der Waals surface area contributed by atoms with Crippen molar-refractivity contribution in [1.82, 2.24) is 5.32 Å². The van der Waals surface area contributed by atoms with Crippen LogP contribution in [0.1, 0.15) is 25.3 Å². The molecule has 2 atom stereocenters. The zero-order valence-corrected chi connectivity index (χ0v) is 11.5. The summed E-state index contributed by atoms with van der Waals surface area (Å²) in [6, 6.07) is 4.88. The minimum Gasteiger partial charge on any atom is -0.377 e. The van der Waals surface area contributed by atoms with Gasteiger partial charge in [-0.3, -0.25) is 10.1 Å². The fourth-order valence-corrected chi connectivity index (χ4v) is 2.52. The van der Waals surface area contributed by atoms with Crippen LogP contribution in [0.3, 0.4) is 0 Å². The molecule has 1 saturated heterocycles. The van der Waals surface area contributed by atoms with E-state index in [1.54, 1.807) is 12.1 Å². The molecule has 5 nitrogen and oxygen atoms in total. The van der Waals surface area contributed by atoms with Gasteiger partial charge in [-0.1, -0.05) is 17.7 Å². The van der Waals surface area contributed by atoms with Gasteiger partial charge in [-0.2, -0.15) is 0 Å². The summed E-state index contributed by atoms with van der Waals surface area (Å²) in [5, 5.41) is 14.7. The van der Waals surface area contributed by atoms with E-state index >= 15 is 0 Å². The summed E-state index contributed by atoms with van der Waals surface area (Å²) in [6.07, 6.45) is 2.28. The Morgan fingerprint density at radius 1 is 1.63 bits per heavy atom. The number of nitro benzene ring substituents is 1. The third kappa shape index (κ3) is 3.43. The van der Waals surface area contributed by atoms with Gasteiger partial charge >= 0.3 is 0 Å². The average Bonchev–Trinajstić information content (AvgIpc) is 2.90. The van der Waals surface area contributed by atoms with Crippen LogP contribution in [-0.2, 0) is 11.3 Å². The molecule has 1 aliphatic heterocycles. The lowest BCUT2D eigenvalue weighted by molar-refractivity contribution is -0.385. The smallest absolute Gasteiger partial charge is 0.275 e. The third-order valence-corrected chi connectivity index (χ3v) is 3.77. The first-order chi connectivity index (χ1) is 9.09. The monoisotopic (exact) mass is 284 g/mol. The Labute approximate surface area is 117 Å². The summed E-state index contributed by atoms with van der Waals surface area (Å²) >= 11 is 6.04. The molecule has 6 heteroatoms. The van der Waals surface area contributed by atoms with Crippen molar-refractivity contribution in [3.8, 4) is 0 Å². The van der Waals surface area contributed by atoms with Crippen LogP contribution in [0.4, 0.5) is 5.69 Å². The lowest BCUT2D eigenvalue weighted by Gasteiger charge is -2.20. The Bertz CT molecular complexity index is 461. The minimum atomic E-state index is -0.403. The van der Waals surface area contributed by atoms with Crippen LogP contribution in [-0.4, -0.2) is 23.7 Å². The molecule has 0 amide bonds. The molecule has 0 aromatic heterocycles. The van der Waals surface area contributed by atoms with Crippen molar-refractivity contribution in [3.63, 3.8) is 0 Å². The Kier molecular flexibility index (Phi) is 4.74. The highest BCUT2D eigenvalue weighted by Crippen LogP contribution is 2.26. The second-order valence-electron chi connectivity index (χ2n) is 4.72. The molecule has 0 spiro atoms. The first kappa shape index (κ1) is 14.2. The number of rotatable bonds is 5. The van der Waals surface area contributed by atoms with Crippen molar-refractivity contribution in [2.75, 3.05) is 6.61 Å². The number of halogens is 1. The number of hydrogen-bond acceptors (Lipinski definition) is 4. The van der Waals surface area contributed by atoms with E-state index in [0.717, 1.165) is 19.4 Å². The number of ether oxygens (including phenoxy) is 1. The lowest BCUT2D eigenvalue weighted by Crippen LogP contribution is -2.36. The van der Waals surface area contributed by atoms with Gasteiger partial charge in [0.15, 0.2) is 0 Å². The maximum Gasteiger partial charge on any atom is 0.275 e. The maximum absolute atomic E-state index is 11.0. The highest BCUT2D eigenvalue weighted by molar-refractivity contribution is 6.31. The number of benzene rings is 1. The Balaban J connectivity index is 2.04. The van der Waals surface area contributed by atoms with Crippen LogP contribution >= 0.6 is 11.6 Å². The van der Waals surface area contributed by atoms with Crippen LogP contribution in [0, 0.1) is 10.1 Å². The second kappa shape index (κ2) is 6.32. The van der Waals surface area contributed by atoms with Crippen LogP contribution in [0.15, 0.2) is 18.2 Å². The van der Waals surface area contributed by atoms with Gasteiger partial charge in [-0.05, 0) is 25.8 Å². The van der Waals surface area contributed by atoms with Gasteiger partial charge < -0.3 is 10.1 Å². The molecule has 1 aliphatic rings. The van der Waals surface area contributed by atoms with E-state index in [1.165, 1.54) is 6.07 Å². The summed E-state index contributed by atoms with van der Waals surface area (Å²) in [4.78, 5) is 10.6. The van der Waals surface area contributed by atoms with Crippen molar-refractivity contribution >= 4 is 17.3 Å². The van der Waals surface area contributed by atoms with Crippen molar-refractivity contribution in [1.29, 1.82) is 0 Å². The van der Waals surface area contributed by atoms with Gasteiger partial charge in [0.25, 0.3) is 5.69 Å². The van der Waals surface area contributed by atoms with E-state index in [1.807, 2.05) is 6.92 Å². The fourth-order valence-electron chi connectivity index (χ4n) is 2.28. The highest BCUT2D eigenvalue weighted by atomic mass is 35.5. The molecule has 0 saturated carbocycles. The Morgan fingerprint density at radius 3 is 3.05 bits per heavy atom. The predicted octanol–water partition coefficient (Wildman–Crippen LogP) is 2.91. The normalized spacial score (nSPS) is 20.4. The number of hydrogen-bond donors (Lipinski definition) is 1. The second-order valence-corrected chi connectivity index (χ2v) is 5.12. The highest BCUT2D eigenvalue weighted by Gasteiger charge is 2.23. The van der Waals surface area contributed by atoms with Crippen LogP contribution in [0.25, 0.3) is 0 Å². The quantitative estimate of drug-likeness (QED) is 0.667. The molecule has 2 unspecified atom stereocenters. The first-order valence-corrected chi connectivity index (χ1v) is 6.74. The first-order valence-electron chi connectivity index (χ1n) is 6.36. The van der Waals surface area contributed by atoms with Crippen LogP contribution < -0.4 is 5.32 Å². The summed E-state index contributed by atoms with van der Waals surface area (Å²) in [5.74, 6) is 0. The van der Waals surface area contributed by atoms with E-state index in [9.17, 15) is 10.1 Å². The molecule has 0 aliphatic carbocycles. The molecule has 1 heterocycles. The molecular formula is C13H17ClN2O3. The molecule has 104 valence electrons.